The van der Waals surface area contributed by atoms with Gasteiger partial charge in [-0.3, -0.25) is 0 Å². The molecule has 3 nitrogen and oxygen atoms in total. The summed E-state index contributed by atoms with van der Waals surface area (Å²) in [6, 6.07) is 57.4. The van der Waals surface area contributed by atoms with Crippen LogP contribution in [-0.4, -0.2) is 15.0 Å². The molecule has 0 atom stereocenters. The van der Waals surface area contributed by atoms with E-state index in [1.54, 1.807) is 0 Å². The Labute approximate surface area is 388 Å². The van der Waals surface area contributed by atoms with Crippen LogP contribution in [0.5, 0.6) is 0 Å². The molecule has 0 saturated heterocycles. The van der Waals surface area contributed by atoms with Crippen LogP contribution in [0.2, 0.25) is 0 Å². The summed E-state index contributed by atoms with van der Waals surface area (Å²) in [5.41, 5.74) is 19.5. The second-order valence-corrected chi connectivity index (χ2v) is 22.2. The van der Waals surface area contributed by atoms with Crippen molar-refractivity contribution < 1.29 is 0 Å². The number of hydrogen-bond acceptors (Lipinski definition) is 3. The van der Waals surface area contributed by atoms with E-state index in [-0.39, 0.29) is 27.6 Å². The first-order valence-corrected chi connectivity index (χ1v) is 23.3. The van der Waals surface area contributed by atoms with E-state index in [1.165, 1.54) is 61.2 Å². The van der Waals surface area contributed by atoms with Crippen molar-refractivity contribution in [3.8, 4) is 67.5 Å². The maximum Gasteiger partial charge on any atom is 0.164 e. The van der Waals surface area contributed by atoms with Crippen molar-refractivity contribution in [1.82, 2.24) is 15.0 Å². The van der Waals surface area contributed by atoms with Crippen LogP contribution in [0.4, 0.5) is 0 Å². The van der Waals surface area contributed by atoms with Crippen LogP contribution in [0.3, 0.4) is 0 Å². The van der Waals surface area contributed by atoms with E-state index >= 15 is 0 Å². The third kappa shape index (κ3) is 8.38. The molecule has 8 aromatic rings. The average Bonchev–Trinajstić information content (AvgIpc) is 3.61. The highest BCUT2D eigenvalue weighted by molar-refractivity contribution is 5.92. The third-order valence-electron chi connectivity index (χ3n) is 13.2. The van der Waals surface area contributed by atoms with Gasteiger partial charge in [0.25, 0.3) is 0 Å². The summed E-state index contributed by atoms with van der Waals surface area (Å²) in [5, 5.41) is 0. The van der Waals surface area contributed by atoms with Gasteiger partial charge < -0.3 is 0 Å². The highest BCUT2D eigenvalue weighted by Gasteiger charge is 2.42. The van der Waals surface area contributed by atoms with Crippen molar-refractivity contribution in [1.29, 1.82) is 0 Å². The van der Waals surface area contributed by atoms with Gasteiger partial charge in [0.15, 0.2) is 17.5 Å². The topological polar surface area (TPSA) is 38.7 Å². The van der Waals surface area contributed by atoms with Crippen LogP contribution in [0.15, 0.2) is 158 Å². The molecule has 0 radical (unpaired) electrons. The zero-order chi connectivity index (χ0) is 46.1. The van der Waals surface area contributed by atoms with Gasteiger partial charge >= 0.3 is 0 Å². The molecule has 1 aromatic heterocycles. The number of aromatic nitrogens is 3. The van der Waals surface area contributed by atoms with Crippen LogP contribution < -0.4 is 0 Å². The standard InChI is InChI=1S/C62H63N3/c1-59(2,3)44-35-48-49-36-45(60(4,5)6)38-51(62(10,11)12)54(49)55(53(48)50(37-44)61(7,8)9)52-46(39-25-17-13-18-26-39)33-43(34-47(52)40-27-19-14-20-28-40)58-64-56(41-29-21-15-22-30-41)63-57(65-58)42-31-23-16-24-32-42/h13-38,55H,1-12H3. The summed E-state index contributed by atoms with van der Waals surface area (Å²) in [6.07, 6.45) is 0. The predicted octanol–water partition coefficient (Wildman–Crippen LogP) is 16.6. The number of fused-ring (bicyclic) bond motifs is 3. The molecule has 326 valence electrons. The number of rotatable bonds is 6. The second kappa shape index (κ2) is 16.2. The van der Waals surface area contributed by atoms with E-state index < -0.39 is 0 Å². The van der Waals surface area contributed by atoms with Gasteiger partial charge in [0, 0.05) is 22.6 Å². The lowest BCUT2D eigenvalue weighted by atomic mass is 9.70. The van der Waals surface area contributed by atoms with Crippen molar-refractivity contribution >= 4 is 0 Å². The Kier molecular flexibility index (Phi) is 10.9. The first kappa shape index (κ1) is 43.8. The molecule has 0 amide bonds. The number of benzene rings is 7. The summed E-state index contributed by atoms with van der Waals surface area (Å²) in [6.45, 7) is 28.5. The Bertz CT molecular complexity index is 2830. The molecule has 1 heterocycles. The summed E-state index contributed by atoms with van der Waals surface area (Å²) >= 11 is 0. The van der Waals surface area contributed by atoms with E-state index in [1.807, 2.05) is 36.4 Å². The van der Waals surface area contributed by atoms with Crippen molar-refractivity contribution in [2.45, 2.75) is 111 Å². The molecule has 9 rings (SSSR count). The lowest BCUT2D eigenvalue weighted by Crippen LogP contribution is -2.22. The lowest BCUT2D eigenvalue weighted by molar-refractivity contribution is 0.559. The fraction of sp³-hybridized carbons (Fsp3) is 0.274. The fourth-order valence-corrected chi connectivity index (χ4v) is 9.66. The average molecular weight is 850 g/mol. The van der Waals surface area contributed by atoms with Gasteiger partial charge in [0.2, 0.25) is 0 Å². The van der Waals surface area contributed by atoms with Gasteiger partial charge in [-0.05, 0) is 106 Å². The van der Waals surface area contributed by atoms with Gasteiger partial charge in [-0.15, -0.1) is 0 Å². The summed E-state index contributed by atoms with van der Waals surface area (Å²) in [7, 11) is 0. The van der Waals surface area contributed by atoms with Crippen molar-refractivity contribution in [2.75, 3.05) is 0 Å². The molecule has 0 unspecified atom stereocenters. The maximum absolute atomic E-state index is 5.30. The summed E-state index contributed by atoms with van der Waals surface area (Å²) in [5.74, 6) is 1.85. The van der Waals surface area contributed by atoms with Crippen LogP contribution in [0, 0.1) is 0 Å². The third-order valence-corrected chi connectivity index (χ3v) is 13.2. The van der Waals surface area contributed by atoms with Gasteiger partial charge in [0.05, 0.1) is 0 Å². The van der Waals surface area contributed by atoms with E-state index in [2.05, 4.69) is 204 Å². The van der Waals surface area contributed by atoms with E-state index in [0.717, 1.165) is 27.8 Å². The molecular formula is C62H63N3. The Morgan fingerprint density at radius 2 is 0.600 bits per heavy atom. The molecule has 1 aliphatic carbocycles. The minimum Gasteiger partial charge on any atom is -0.208 e. The lowest BCUT2D eigenvalue weighted by Gasteiger charge is -2.33. The fourth-order valence-electron chi connectivity index (χ4n) is 9.66. The van der Waals surface area contributed by atoms with Gasteiger partial charge in [-0.2, -0.15) is 0 Å². The zero-order valence-electron chi connectivity index (χ0n) is 40.4. The smallest absolute Gasteiger partial charge is 0.164 e. The van der Waals surface area contributed by atoms with Crippen LogP contribution >= 0.6 is 0 Å². The van der Waals surface area contributed by atoms with Gasteiger partial charge in [0.1, 0.15) is 0 Å². The molecule has 0 spiro atoms. The molecule has 65 heavy (non-hydrogen) atoms. The number of hydrogen-bond donors (Lipinski definition) is 0. The molecule has 0 aliphatic heterocycles. The second-order valence-electron chi connectivity index (χ2n) is 22.2. The Morgan fingerprint density at radius 3 is 0.908 bits per heavy atom. The highest BCUT2D eigenvalue weighted by Crippen LogP contribution is 2.59. The molecule has 7 aromatic carbocycles. The molecule has 0 fully saturated rings. The quantitative estimate of drug-likeness (QED) is 0.167. The zero-order valence-corrected chi connectivity index (χ0v) is 40.4. The molecule has 0 bridgehead atoms. The van der Waals surface area contributed by atoms with Gasteiger partial charge in [-0.25, -0.2) is 15.0 Å². The normalized spacial score (nSPS) is 13.2. The molecule has 1 aliphatic rings. The number of nitrogens with zero attached hydrogens (tertiary/aromatic N) is 3. The Morgan fingerprint density at radius 1 is 0.292 bits per heavy atom. The van der Waals surface area contributed by atoms with E-state index in [0.29, 0.717) is 17.5 Å². The minimum atomic E-state index is -0.146. The highest BCUT2D eigenvalue weighted by atomic mass is 15.0. The van der Waals surface area contributed by atoms with E-state index in [9.17, 15) is 0 Å². The SMILES string of the molecule is CC(C)(C)c1cc2c(c(C(C)(C)C)c1)C(c1c(-c3ccccc3)cc(-c3nc(-c4ccccc4)nc(-c4ccccc4)n3)cc1-c1ccccc1)c1c-2cc(C(C)(C)C)cc1C(C)(C)C. The molecule has 0 N–H and O–H groups in total. The summed E-state index contributed by atoms with van der Waals surface area (Å²) < 4.78 is 0. The molecule has 3 heteroatoms. The predicted molar refractivity (Wildman–Crippen MR) is 275 cm³/mol. The van der Waals surface area contributed by atoms with Crippen LogP contribution in [0.1, 0.15) is 128 Å². The Hall–Kier alpha value is -6.45. The van der Waals surface area contributed by atoms with Crippen LogP contribution in [-0.2, 0) is 21.7 Å². The monoisotopic (exact) mass is 850 g/mol. The van der Waals surface area contributed by atoms with Crippen molar-refractivity contribution in [3.63, 3.8) is 0 Å². The van der Waals surface area contributed by atoms with Crippen LogP contribution in [0.25, 0.3) is 67.5 Å². The largest absolute Gasteiger partial charge is 0.208 e. The minimum absolute atomic E-state index is 0.0461. The van der Waals surface area contributed by atoms with Gasteiger partial charge in [-0.1, -0.05) is 229 Å². The Balaban J connectivity index is 1.46. The molecule has 0 saturated carbocycles. The van der Waals surface area contributed by atoms with Crippen molar-refractivity contribution in [2.24, 2.45) is 0 Å². The molecular weight excluding hydrogens is 787 g/mol. The first-order chi connectivity index (χ1) is 30.8. The van der Waals surface area contributed by atoms with E-state index in [4.69, 9.17) is 15.0 Å². The van der Waals surface area contributed by atoms with Crippen molar-refractivity contribution in [3.05, 3.63) is 197 Å². The summed E-state index contributed by atoms with van der Waals surface area (Å²) in [4.78, 5) is 15.7. The first-order valence-electron chi connectivity index (χ1n) is 23.3. The maximum atomic E-state index is 5.30.